The lowest BCUT2D eigenvalue weighted by Gasteiger charge is -2.18. The van der Waals surface area contributed by atoms with E-state index in [1.54, 1.807) is 23.7 Å². The lowest BCUT2D eigenvalue weighted by Crippen LogP contribution is -2.28. The molecule has 0 aliphatic rings. The third-order valence-corrected chi connectivity index (χ3v) is 5.36. The molecule has 0 aliphatic heterocycles. The van der Waals surface area contributed by atoms with Crippen LogP contribution in [0.3, 0.4) is 0 Å². The molecule has 1 atom stereocenters. The number of thiophene rings is 1. The van der Waals surface area contributed by atoms with Crippen molar-refractivity contribution in [2.24, 2.45) is 0 Å². The van der Waals surface area contributed by atoms with Crippen molar-refractivity contribution in [1.82, 2.24) is 20.1 Å². The molecule has 0 saturated carbocycles. The molecule has 0 bridgehead atoms. The molecular weight excluding hydrogens is 356 g/mol. The first-order valence-electron chi connectivity index (χ1n) is 8.86. The Hall–Kier alpha value is -2.99. The number of nitrogens with one attached hydrogen (secondary N) is 1. The van der Waals surface area contributed by atoms with Crippen LogP contribution in [0, 0.1) is 0 Å². The molecular formula is C21H20N4OS. The fourth-order valence-electron chi connectivity index (χ4n) is 3.08. The van der Waals surface area contributed by atoms with Crippen LogP contribution in [0.5, 0.6) is 0 Å². The second-order valence-corrected chi connectivity index (χ2v) is 7.63. The van der Waals surface area contributed by atoms with Crippen LogP contribution in [0.4, 0.5) is 0 Å². The van der Waals surface area contributed by atoms with Crippen LogP contribution in [0.2, 0.25) is 0 Å². The summed E-state index contributed by atoms with van der Waals surface area (Å²) in [7, 11) is 0. The Morgan fingerprint density at radius 1 is 1.11 bits per heavy atom. The number of fused-ring (bicyclic) bond motifs is 1. The maximum Gasteiger partial charge on any atom is 0.253 e. The van der Waals surface area contributed by atoms with E-state index in [1.807, 2.05) is 58.6 Å². The number of nitrogens with zero attached hydrogens (tertiary/aromatic N) is 3. The zero-order valence-electron chi connectivity index (χ0n) is 15.2. The van der Waals surface area contributed by atoms with Crippen LogP contribution in [-0.2, 0) is 0 Å². The van der Waals surface area contributed by atoms with Gasteiger partial charge in [-0.15, -0.1) is 11.3 Å². The van der Waals surface area contributed by atoms with E-state index in [2.05, 4.69) is 29.2 Å². The lowest BCUT2D eigenvalue weighted by molar-refractivity contribution is 0.0943. The average molecular weight is 376 g/mol. The number of carbonyl (C=O) groups is 1. The smallest absolute Gasteiger partial charge is 0.253 e. The van der Waals surface area contributed by atoms with Crippen molar-refractivity contribution in [1.29, 1.82) is 0 Å². The van der Waals surface area contributed by atoms with Crippen LogP contribution < -0.4 is 5.32 Å². The number of aromatic nitrogens is 3. The van der Waals surface area contributed by atoms with Gasteiger partial charge in [-0.3, -0.25) is 4.79 Å². The Balaban J connectivity index is 1.64. The van der Waals surface area contributed by atoms with E-state index in [0.29, 0.717) is 5.56 Å². The van der Waals surface area contributed by atoms with Gasteiger partial charge in [0.2, 0.25) is 0 Å². The van der Waals surface area contributed by atoms with Gasteiger partial charge in [-0.05, 0) is 36.9 Å². The molecule has 0 unspecified atom stereocenters. The van der Waals surface area contributed by atoms with E-state index in [-0.39, 0.29) is 18.0 Å². The summed E-state index contributed by atoms with van der Waals surface area (Å²) in [6, 6.07) is 15.9. The predicted octanol–water partition coefficient (Wildman–Crippen LogP) is 4.59. The SMILES string of the molecule is CC(C)n1ncc2cc(C(=O)N[C@@H](c3ccccc3)c3cccs3)cnc21. The second kappa shape index (κ2) is 7.32. The minimum Gasteiger partial charge on any atom is -0.340 e. The van der Waals surface area contributed by atoms with Crippen molar-refractivity contribution in [3.63, 3.8) is 0 Å². The van der Waals surface area contributed by atoms with Gasteiger partial charge >= 0.3 is 0 Å². The van der Waals surface area contributed by atoms with Crippen LogP contribution in [0.15, 0.2) is 66.3 Å². The summed E-state index contributed by atoms with van der Waals surface area (Å²) < 4.78 is 1.86. The average Bonchev–Trinajstić information content (AvgIpc) is 3.35. The van der Waals surface area contributed by atoms with E-state index in [0.717, 1.165) is 21.5 Å². The molecule has 0 spiro atoms. The fraction of sp³-hybridized carbons (Fsp3) is 0.190. The minimum absolute atomic E-state index is 0.149. The van der Waals surface area contributed by atoms with Crippen molar-refractivity contribution < 1.29 is 4.79 Å². The fourth-order valence-corrected chi connectivity index (χ4v) is 3.88. The molecule has 3 aromatic heterocycles. The van der Waals surface area contributed by atoms with Gasteiger partial charge < -0.3 is 5.32 Å². The molecule has 3 heterocycles. The molecule has 1 aromatic carbocycles. The second-order valence-electron chi connectivity index (χ2n) is 6.65. The monoisotopic (exact) mass is 376 g/mol. The highest BCUT2D eigenvalue weighted by atomic mass is 32.1. The van der Waals surface area contributed by atoms with Crippen molar-refractivity contribution in [2.45, 2.75) is 25.9 Å². The molecule has 0 saturated heterocycles. The first-order chi connectivity index (χ1) is 13.1. The lowest BCUT2D eigenvalue weighted by atomic mass is 10.0. The van der Waals surface area contributed by atoms with Crippen molar-refractivity contribution >= 4 is 28.3 Å². The molecule has 27 heavy (non-hydrogen) atoms. The molecule has 6 heteroatoms. The third kappa shape index (κ3) is 3.48. The van der Waals surface area contributed by atoms with Crippen molar-refractivity contribution in [2.75, 3.05) is 0 Å². The Labute approximate surface area is 161 Å². The minimum atomic E-state index is -0.187. The van der Waals surface area contributed by atoms with Gasteiger partial charge in [-0.1, -0.05) is 36.4 Å². The molecule has 0 radical (unpaired) electrons. The van der Waals surface area contributed by atoms with E-state index in [4.69, 9.17) is 0 Å². The van der Waals surface area contributed by atoms with E-state index >= 15 is 0 Å². The molecule has 0 fully saturated rings. The van der Waals surface area contributed by atoms with Gasteiger partial charge in [-0.2, -0.15) is 5.10 Å². The topological polar surface area (TPSA) is 59.8 Å². The normalized spacial score (nSPS) is 12.4. The van der Waals surface area contributed by atoms with Crippen LogP contribution in [-0.4, -0.2) is 20.7 Å². The Morgan fingerprint density at radius 2 is 1.93 bits per heavy atom. The van der Waals surface area contributed by atoms with Gasteiger partial charge in [0.1, 0.15) is 0 Å². The zero-order valence-corrected chi connectivity index (χ0v) is 16.0. The molecule has 0 aliphatic carbocycles. The maximum atomic E-state index is 12.9. The Morgan fingerprint density at radius 3 is 2.63 bits per heavy atom. The number of benzene rings is 1. The molecule has 4 rings (SSSR count). The van der Waals surface area contributed by atoms with E-state index in [1.165, 1.54) is 0 Å². The maximum absolute atomic E-state index is 12.9. The molecule has 1 N–H and O–H groups in total. The summed E-state index contributed by atoms with van der Waals surface area (Å²) in [6.45, 7) is 4.11. The van der Waals surface area contributed by atoms with Crippen LogP contribution in [0.1, 0.15) is 46.7 Å². The van der Waals surface area contributed by atoms with Crippen LogP contribution >= 0.6 is 11.3 Å². The van der Waals surface area contributed by atoms with Gasteiger partial charge in [-0.25, -0.2) is 9.67 Å². The Bertz CT molecular complexity index is 1050. The first kappa shape index (κ1) is 17.4. The summed E-state index contributed by atoms with van der Waals surface area (Å²) in [6.07, 6.45) is 3.38. The number of carbonyl (C=O) groups excluding carboxylic acids is 1. The standard InChI is InChI=1S/C21H20N4OS/c1-14(2)25-20-16(13-23-25)11-17(12-22-20)21(26)24-19(18-9-6-10-27-18)15-7-4-3-5-8-15/h3-14,19H,1-2H3,(H,24,26)/t19-/m0/s1. The van der Waals surface area contributed by atoms with Gasteiger partial charge in [0.25, 0.3) is 5.91 Å². The van der Waals surface area contributed by atoms with Crippen molar-refractivity contribution in [3.05, 3.63) is 82.3 Å². The molecule has 136 valence electrons. The quantitative estimate of drug-likeness (QED) is 0.554. The highest BCUT2D eigenvalue weighted by molar-refractivity contribution is 7.10. The molecule has 1 amide bonds. The number of hydrogen-bond donors (Lipinski definition) is 1. The largest absolute Gasteiger partial charge is 0.340 e. The molecule has 4 aromatic rings. The summed E-state index contributed by atoms with van der Waals surface area (Å²) in [5.74, 6) is -0.149. The summed E-state index contributed by atoms with van der Waals surface area (Å²) in [4.78, 5) is 18.5. The number of hydrogen-bond acceptors (Lipinski definition) is 4. The summed E-state index contributed by atoms with van der Waals surface area (Å²) >= 11 is 1.63. The summed E-state index contributed by atoms with van der Waals surface area (Å²) in [5.41, 5.74) is 2.37. The van der Waals surface area contributed by atoms with Gasteiger partial charge in [0.15, 0.2) is 5.65 Å². The molecule has 5 nitrogen and oxygen atoms in total. The summed E-state index contributed by atoms with van der Waals surface area (Å²) in [5, 5.41) is 10.4. The highest BCUT2D eigenvalue weighted by Gasteiger charge is 2.19. The first-order valence-corrected chi connectivity index (χ1v) is 9.74. The number of rotatable bonds is 5. The number of pyridine rings is 1. The predicted molar refractivity (Wildman–Crippen MR) is 108 cm³/mol. The zero-order chi connectivity index (χ0) is 18.8. The van der Waals surface area contributed by atoms with Crippen LogP contribution in [0.25, 0.3) is 11.0 Å². The Kier molecular flexibility index (Phi) is 4.73. The van der Waals surface area contributed by atoms with E-state index < -0.39 is 0 Å². The van der Waals surface area contributed by atoms with Gasteiger partial charge in [0.05, 0.1) is 17.8 Å². The van der Waals surface area contributed by atoms with E-state index in [9.17, 15) is 4.79 Å². The third-order valence-electron chi connectivity index (χ3n) is 4.42. The van der Waals surface area contributed by atoms with Gasteiger partial charge in [0, 0.05) is 22.5 Å². The van der Waals surface area contributed by atoms with Crippen molar-refractivity contribution in [3.8, 4) is 0 Å². The number of amides is 1. The highest BCUT2D eigenvalue weighted by Crippen LogP contribution is 2.26.